The number of amides is 1. The molecule has 25 heavy (non-hydrogen) atoms. The molecule has 0 spiro atoms. The van der Waals surface area contributed by atoms with E-state index in [0.29, 0.717) is 17.1 Å². The van der Waals surface area contributed by atoms with Crippen molar-refractivity contribution < 1.29 is 13.2 Å². The van der Waals surface area contributed by atoms with E-state index in [-0.39, 0.29) is 24.7 Å². The summed E-state index contributed by atoms with van der Waals surface area (Å²) >= 11 is 5.95. The average molecular weight is 381 g/mol. The van der Waals surface area contributed by atoms with Crippen LogP contribution < -0.4 is 9.62 Å². The first kappa shape index (κ1) is 19.4. The van der Waals surface area contributed by atoms with Gasteiger partial charge in [-0.1, -0.05) is 48.0 Å². The van der Waals surface area contributed by atoms with E-state index in [2.05, 4.69) is 4.72 Å². The van der Waals surface area contributed by atoms with Gasteiger partial charge in [-0.2, -0.15) is 0 Å². The third-order valence-electron chi connectivity index (χ3n) is 3.66. The molecule has 0 aromatic heterocycles. The number of nitrogens with zero attached hydrogens (tertiary/aromatic N) is 1. The molecule has 0 aliphatic rings. The third kappa shape index (κ3) is 6.49. The van der Waals surface area contributed by atoms with Gasteiger partial charge in [0.1, 0.15) is 0 Å². The second-order valence-corrected chi connectivity index (χ2v) is 7.96. The van der Waals surface area contributed by atoms with Crippen LogP contribution in [0.2, 0.25) is 5.02 Å². The highest BCUT2D eigenvalue weighted by Gasteiger charge is 2.14. The van der Waals surface area contributed by atoms with Gasteiger partial charge in [0.25, 0.3) is 0 Å². The van der Waals surface area contributed by atoms with Crippen LogP contribution in [-0.2, 0) is 21.2 Å². The Morgan fingerprint density at radius 1 is 1.12 bits per heavy atom. The van der Waals surface area contributed by atoms with Gasteiger partial charge < -0.3 is 4.90 Å². The van der Waals surface area contributed by atoms with Gasteiger partial charge in [-0.3, -0.25) is 4.79 Å². The number of hydrogen-bond acceptors (Lipinski definition) is 3. The standard InChI is InChI=1S/C18H21ClN2O3S/c1-15(22)21(18-9-5-8-17(19)14-18)12-11-20-25(23,24)13-10-16-6-3-2-4-7-16/h2-9,14,20H,10-13H2,1H3. The molecule has 5 nitrogen and oxygen atoms in total. The molecule has 0 aliphatic carbocycles. The molecule has 0 heterocycles. The fraction of sp³-hybridized carbons (Fsp3) is 0.278. The summed E-state index contributed by atoms with van der Waals surface area (Å²) in [6.45, 7) is 1.81. The Balaban J connectivity index is 1.89. The number of rotatable bonds is 8. The van der Waals surface area contributed by atoms with Gasteiger partial charge in [0.2, 0.25) is 15.9 Å². The molecule has 2 aromatic rings. The quantitative estimate of drug-likeness (QED) is 0.765. The molecule has 2 aromatic carbocycles. The van der Waals surface area contributed by atoms with Crippen LogP contribution in [0.3, 0.4) is 0 Å². The van der Waals surface area contributed by atoms with Crippen molar-refractivity contribution in [1.29, 1.82) is 0 Å². The lowest BCUT2D eigenvalue weighted by Crippen LogP contribution is -2.38. The molecule has 134 valence electrons. The van der Waals surface area contributed by atoms with Gasteiger partial charge >= 0.3 is 0 Å². The summed E-state index contributed by atoms with van der Waals surface area (Å²) in [5.74, 6) is -0.167. The lowest BCUT2D eigenvalue weighted by molar-refractivity contribution is -0.116. The van der Waals surface area contributed by atoms with E-state index in [4.69, 9.17) is 11.6 Å². The number of carbonyl (C=O) groups is 1. The molecule has 0 radical (unpaired) electrons. The normalized spacial score (nSPS) is 11.3. The van der Waals surface area contributed by atoms with Crippen LogP contribution in [0.1, 0.15) is 12.5 Å². The molecule has 0 fully saturated rings. The summed E-state index contributed by atoms with van der Waals surface area (Å²) in [5, 5.41) is 0.521. The Hall–Kier alpha value is -1.89. The maximum absolute atomic E-state index is 12.1. The van der Waals surface area contributed by atoms with Crippen molar-refractivity contribution in [3.05, 3.63) is 65.2 Å². The van der Waals surface area contributed by atoms with Crippen molar-refractivity contribution in [3.8, 4) is 0 Å². The molecule has 7 heteroatoms. The van der Waals surface area contributed by atoms with Crippen LogP contribution in [0, 0.1) is 0 Å². The van der Waals surface area contributed by atoms with Gasteiger partial charge in [-0.05, 0) is 30.2 Å². The van der Waals surface area contributed by atoms with Crippen molar-refractivity contribution >= 4 is 33.2 Å². The smallest absolute Gasteiger partial charge is 0.223 e. The number of halogens is 1. The molecular formula is C18H21ClN2O3S. The van der Waals surface area contributed by atoms with E-state index < -0.39 is 10.0 Å². The number of carbonyl (C=O) groups excluding carboxylic acids is 1. The Bertz CT molecular complexity index is 810. The highest BCUT2D eigenvalue weighted by Crippen LogP contribution is 2.19. The van der Waals surface area contributed by atoms with E-state index in [1.807, 2.05) is 30.3 Å². The number of hydrogen-bond donors (Lipinski definition) is 1. The summed E-state index contributed by atoms with van der Waals surface area (Å²) in [6, 6.07) is 16.3. The topological polar surface area (TPSA) is 66.5 Å². The van der Waals surface area contributed by atoms with Crippen LogP contribution in [0.5, 0.6) is 0 Å². The molecule has 0 unspecified atom stereocenters. The first-order valence-electron chi connectivity index (χ1n) is 7.92. The van der Waals surface area contributed by atoms with Gasteiger partial charge in [0, 0.05) is 30.7 Å². The zero-order chi connectivity index (χ0) is 18.3. The lowest BCUT2D eigenvalue weighted by Gasteiger charge is -2.21. The van der Waals surface area contributed by atoms with E-state index in [9.17, 15) is 13.2 Å². The Labute approximate surface area is 153 Å². The highest BCUT2D eigenvalue weighted by atomic mass is 35.5. The van der Waals surface area contributed by atoms with Crippen LogP contribution in [0.15, 0.2) is 54.6 Å². The summed E-state index contributed by atoms with van der Waals surface area (Å²) in [4.78, 5) is 13.3. The minimum Gasteiger partial charge on any atom is -0.311 e. The van der Waals surface area contributed by atoms with Gasteiger partial charge in [-0.25, -0.2) is 13.1 Å². The first-order chi connectivity index (χ1) is 11.9. The maximum atomic E-state index is 12.1. The third-order valence-corrected chi connectivity index (χ3v) is 5.28. The van der Waals surface area contributed by atoms with Crippen LogP contribution in [-0.4, -0.2) is 33.2 Å². The summed E-state index contributed by atoms with van der Waals surface area (Å²) in [5.41, 5.74) is 1.61. The van der Waals surface area contributed by atoms with Crippen LogP contribution in [0.25, 0.3) is 0 Å². The van der Waals surface area contributed by atoms with E-state index in [1.54, 1.807) is 24.3 Å². The number of aryl methyl sites for hydroxylation is 1. The number of anilines is 1. The zero-order valence-electron chi connectivity index (χ0n) is 14.0. The minimum atomic E-state index is -3.41. The molecule has 2 rings (SSSR count). The van der Waals surface area contributed by atoms with Crippen molar-refractivity contribution in [2.75, 3.05) is 23.7 Å². The van der Waals surface area contributed by atoms with E-state index in [0.717, 1.165) is 5.56 Å². The lowest BCUT2D eigenvalue weighted by atomic mass is 10.2. The Morgan fingerprint density at radius 2 is 1.84 bits per heavy atom. The molecule has 1 N–H and O–H groups in total. The number of benzene rings is 2. The number of nitrogens with one attached hydrogen (secondary N) is 1. The van der Waals surface area contributed by atoms with Crippen LogP contribution in [0.4, 0.5) is 5.69 Å². The zero-order valence-corrected chi connectivity index (χ0v) is 15.6. The predicted molar refractivity (Wildman–Crippen MR) is 101 cm³/mol. The second-order valence-electron chi connectivity index (χ2n) is 5.60. The summed E-state index contributed by atoms with van der Waals surface area (Å²) < 4.78 is 26.8. The van der Waals surface area contributed by atoms with Crippen molar-refractivity contribution in [2.24, 2.45) is 0 Å². The van der Waals surface area contributed by atoms with Gasteiger partial charge in [-0.15, -0.1) is 0 Å². The number of sulfonamides is 1. The molecular weight excluding hydrogens is 360 g/mol. The Morgan fingerprint density at radius 3 is 2.48 bits per heavy atom. The van der Waals surface area contributed by atoms with Crippen molar-refractivity contribution in [2.45, 2.75) is 13.3 Å². The monoisotopic (exact) mass is 380 g/mol. The van der Waals surface area contributed by atoms with Crippen LogP contribution >= 0.6 is 11.6 Å². The molecule has 0 saturated carbocycles. The summed E-state index contributed by atoms with van der Waals surface area (Å²) in [7, 11) is -3.41. The molecule has 1 amide bonds. The molecule has 0 saturated heterocycles. The van der Waals surface area contributed by atoms with Crippen molar-refractivity contribution in [1.82, 2.24) is 4.72 Å². The van der Waals surface area contributed by atoms with Gasteiger partial charge in [0.05, 0.1) is 5.75 Å². The van der Waals surface area contributed by atoms with E-state index >= 15 is 0 Å². The first-order valence-corrected chi connectivity index (χ1v) is 9.95. The SMILES string of the molecule is CC(=O)N(CCNS(=O)(=O)CCc1ccccc1)c1cccc(Cl)c1. The van der Waals surface area contributed by atoms with Gasteiger partial charge in [0.15, 0.2) is 0 Å². The average Bonchev–Trinajstić information content (AvgIpc) is 2.57. The predicted octanol–water partition coefficient (Wildman–Crippen LogP) is 2.86. The highest BCUT2D eigenvalue weighted by molar-refractivity contribution is 7.89. The molecule has 0 bridgehead atoms. The molecule has 0 aliphatic heterocycles. The maximum Gasteiger partial charge on any atom is 0.223 e. The van der Waals surface area contributed by atoms with E-state index in [1.165, 1.54) is 11.8 Å². The Kier molecular flexibility index (Phi) is 6.99. The fourth-order valence-corrected chi connectivity index (χ4v) is 3.63. The minimum absolute atomic E-state index is 0.00818. The largest absolute Gasteiger partial charge is 0.311 e. The molecule has 0 atom stereocenters. The van der Waals surface area contributed by atoms with Crippen molar-refractivity contribution in [3.63, 3.8) is 0 Å². The summed E-state index contributed by atoms with van der Waals surface area (Å²) in [6.07, 6.45) is 0.445. The fourth-order valence-electron chi connectivity index (χ4n) is 2.39. The second kappa shape index (κ2) is 8.99.